The molecule has 0 aromatic rings. The number of Topliss-reactive ketones (excluding diaryl/α,β-unsaturated/α-hetero) is 2. The molecule has 4 aliphatic rings. The van der Waals surface area contributed by atoms with Crippen molar-refractivity contribution < 1.29 is 38.9 Å². The molecule has 2 N–H and O–H groups in total. The highest BCUT2D eigenvalue weighted by molar-refractivity contribution is 6.19. The summed E-state index contributed by atoms with van der Waals surface area (Å²) in [5.74, 6) is -1.71. The summed E-state index contributed by atoms with van der Waals surface area (Å²) in [7, 11) is 0. The third kappa shape index (κ3) is 2.46. The molecule has 164 valence electrons. The van der Waals surface area contributed by atoms with E-state index >= 15 is 0 Å². The Morgan fingerprint density at radius 1 is 1.13 bits per heavy atom. The number of fused-ring (bicyclic) bond motifs is 2. The van der Waals surface area contributed by atoms with E-state index in [1.807, 2.05) is 13.8 Å². The summed E-state index contributed by atoms with van der Waals surface area (Å²) in [6, 6.07) is 0. The molecule has 1 spiro atoms. The third-order valence-electron chi connectivity index (χ3n) is 8.35. The molecule has 0 radical (unpaired) electrons. The number of ketones is 2. The molecule has 8 nitrogen and oxygen atoms in total. The highest BCUT2D eigenvalue weighted by Gasteiger charge is 2.72. The molecule has 4 aliphatic carbocycles. The molecule has 0 aromatic carbocycles. The molecule has 2 saturated carbocycles. The summed E-state index contributed by atoms with van der Waals surface area (Å²) in [4.78, 5) is 49.2. The molecule has 30 heavy (non-hydrogen) atoms. The van der Waals surface area contributed by atoms with Crippen LogP contribution in [0.15, 0.2) is 11.1 Å². The van der Waals surface area contributed by atoms with Crippen LogP contribution in [0.3, 0.4) is 0 Å². The van der Waals surface area contributed by atoms with Gasteiger partial charge in [-0.2, -0.15) is 0 Å². The van der Waals surface area contributed by atoms with E-state index in [1.54, 1.807) is 6.92 Å². The van der Waals surface area contributed by atoms with Crippen molar-refractivity contribution >= 4 is 24.5 Å². The minimum absolute atomic E-state index is 0.0237. The van der Waals surface area contributed by atoms with Gasteiger partial charge in [0.1, 0.15) is 6.10 Å². The summed E-state index contributed by atoms with van der Waals surface area (Å²) in [5, 5.41) is 22.2. The highest BCUT2D eigenvalue weighted by atomic mass is 16.5. The third-order valence-corrected chi connectivity index (χ3v) is 8.35. The monoisotopic (exact) mass is 420 g/mol. The van der Waals surface area contributed by atoms with Crippen molar-refractivity contribution in [3.8, 4) is 0 Å². The minimum atomic E-state index is -1.44. The molecule has 8 atom stereocenters. The maximum atomic E-state index is 13.5. The van der Waals surface area contributed by atoms with Gasteiger partial charge in [0.2, 0.25) is 0 Å². The number of hydrogen-bond acceptors (Lipinski definition) is 8. The Hall–Kier alpha value is -2.06. The summed E-state index contributed by atoms with van der Waals surface area (Å²) in [5.41, 5.74) is -2.61. The van der Waals surface area contributed by atoms with Crippen LogP contribution in [-0.2, 0) is 28.7 Å². The fourth-order valence-electron chi connectivity index (χ4n) is 6.95. The lowest BCUT2D eigenvalue weighted by Gasteiger charge is -2.59. The van der Waals surface area contributed by atoms with Crippen molar-refractivity contribution in [2.45, 2.75) is 64.8 Å². The predicted octanol–water partition coefficient (Wildman–Crippen LogP) is 0.724. The predicted molar refractivity (Wildman–Crippen MR) is 102 cm³/mol. The second kappa shape index (κ2) is 6.72. The molecular formula is C22H28O8. The second-order valence-corrected chi connectivity index (χ2v) is 9.98. The van der Waals surface area contributed by atoms with Gasteiger partial charge >= 0.3 is 0 Å². The van der Waals surface area contributed by atoms with Crippen molar-refractivity contribution in [2.75, 3.05) is 6.61 Å². The van der Waals surface area contributed by atoms with Crippen LogP contribution in [0, 0.1) is 28.1 Å². The Labute approximate surface area is 174 Å². The number of ether oxygens (including phenoxy) is 2. The van der Waals surface area contributed by atoms with Crippen molar-refractivity contribution in [3.05, 3.63) is 11.1 Å². The first-order chi connectivity index (χ1) is 14.1. The van der Waals surface area contributed by atoms with Gasteiger partial charge in [0.15, 0.2) is 17.7 Å². The number of hydrogen-bond donors (Lipinski definition) is 2. The lowest BCUT2D eigenvalue weighted by Crippen LogP contribution is -2.64. The highest BCUT2D eigenvalue weighted by Crippen LogP contribution is 2.66. The first kappa shape index (κ1) is 21.2. The molecule has 0 aromatic heterocycles. The van der Waals surface area contributed by atoms with Gasteiger partial charge in [0.05, 0.1) is 18.1 Å². The standard InChI is InChI=1S/C22H28O8/c1-11-7-22(11)18(27)12-13(14(25)19(22)28)21(3)6-4-5-20(2,8-29-9-23)17(21)15(26)16(12)30-10-24/h9-11,15-17,19,26,28H,4-8H2,1-3H3/t11-,15-,16+,17+,19+,20-,21-,22-/m1/s1. The lowest BCUT2D eigenvalue weighted by molar-refractivity contribution is -0.172. The van der Waals surface area contributed by atoms with Crippen LogP contribution < -0.4 is 0 Å². The Kier molecular flexibility index (Phi) is 4.74. The second-order valence-electron chi connectivity index (χ2n) is 9.98. The fourth-order valence-corrected chi connectivity index (χ4v) is 6.95. The van der Waals surface area contributed by atoms with Gasteiger partial charge in [-0.3, -0.25) is 19.2 Å². The smallest absolute Gasteiger partial charge is 0.293 e. The SMILES string of the molecule is C[C@@H]1C[C@]12C(=O)C1=C(C(=O)[C@@H]2O)[C@@]2(C)CCC[C@](C)(COC=O)[C@@H]2[C@H](O)[C@H]1OC=O. The van der Waals surface area contributed by atoms with Crippen LogP contribution >= 0.6 is 0 Å². The molecule has 2 fully saturated rings. The van der Waals surface area contributed by atoms with Crippen molar-refractivity contribution in [2.24, 2.45) is 28.1 Å². The van der Waals surface area contributed by atoms with Gasteiger partial charge in [-0.25, -0.2) is 0 Å². The van der Waals surface area contributed by atoms with Gasteiger partial charge in [-0.15, -0.1) is 0 Å². The van der Waals surface area contributed by atoms with E-state index in [2.05, 4.69) is 0 Å². The Balaban J connectivity index is 1.93. The Morgan fingerprint density at radius 3 is 2.37 bits per heavy atom. The summed E-state index contributed by atoms with van der Waals surface area (Å²) < 4.78 is 10.3. The molecule has 0 bridgehead atoms. The molecular weight excluding hydrogens is 392 g/mol. The quantitative estimate of drug-likeness (QED) is 0.623. The lowest BCUT2D eigenvalue weighted by atomic mass is 9.46. The van der Waals surface area contributed by atoms with Crippen LogP contribution in [0.25, 0.3) is 0 Å². The zero-order chi connectivity index (χ0) is 22.1. The number of carbonyl (C=O) groups is 4. The van der Waals surface area contributed by atoms with Crippen molar-refractivity contribution in [3.63, 3.8) is 0 Å². The molecule has 0 amide bonds. The molecule has 8 heteroatoms. The van der Waals surface area contributed by atoms with Gasteiger partial charge in [0, 0.05) is 27.9 Å². The first-order valence-corrected chi connectivity index (χ1v) is 10.4. The van der Waals surface area contributed by atoms with E-state index in [0.717, 1.165) is 0 Å². The van der Waals surface area contributed by atoms with E-state index in [4.69, 9.17) is 9.47 Å². The maximum absolute atomic E-state index is 13.5. The van der Waals surface area contributed by atoms with E-state index in [0.29, 0.717) is 32.2 Å². The summed E-state index contributed by atoms with van der Waals surface area (Å²) in [6.45, 7) is 6.02. The van der Waals surface area contributed by atoms with Crippen LogP contribution in [0.2, 0.25) is 0 Å². The topological polar surface area (TPSA) is 127 Å². The number of rotatable bonds is 5. The van der Waals surface area contributed by atoms with E-state index in [1.165, 1.54) is 0 Å². The van der Waals surface area contributed by atoms with Crippen LogP contribution in [0.5, 0.6) is 0 Å². The maximum Gasteiger partial charge on any atom is 0.293 e. The normalized spacial score (nSPS) is 47.4. The van der Waals surface area contributed by atoms with Crippen LogP contribution in [0.1, 0.15) is 46.5 Å². The number of aliphatic hydroxyl groups excluding tert-OH is 2. The zero-order valence-electron chi connectivity index (χ0n) is 17.4. The van der Waals surface area contributed by atoms with Gasteiger partial charge < -0.3 is 19.7 Å². The average molecular weight is 420 g/mol. The molecule has 0 aliphatic heterocycles. The van der Waals surface area contributed by atoms with Crippen LogP contribution in [-0.4, -0.2) is 59.6 Å². The average Bonchev–Trinajstić information content (AvgIpc) is 3.37. The van der Waals surface area contributed by atoms with Crippen molar-refractivity contribution in [1.82, 2.24) is 0 Å². The first-order valence-electron chi connectivity index (χ1n) is 10.4. The molecule has 0 saturated heterocycles. The zero-order valence-corrected chi connectivity index (χ0v) is 17.4. The summed E-state index contributed by atoms with van der Waals surface area (Å²) in [6.07, 6.45) is -1.77. The summed E-state index contributed by atoms with van der Waals surface area (Å²) >= 11 is 0. The Morgan fingerprint density at radius 2 is 1.80 bits per heavy atom. The van der Waals surface area contributed by atoms with Gasteiger partial charge in [-0.05, 0) is 25.2 Å². The van der Waals surface area contributed by atoms with E-state index in [9.17, 15) is 29.4 Å². The molecule has 4 rings (SSSR count). The van der Waals surface area contributed by atoms with E-state index in [-0.39, 0.29) is 30.1 Å². The number of carbonyl (C=O) groups excluding carboxylic acids is 4. The van der Waals surface area contributed by atoms with Gasteiger partial charge in [0.25, 0.3) is 12.9 Å². The van der Waals surface area contributed by atoms with E-state index < -0.39 is 52.0 Å². The van der Waals surface area contributed by atoms with Crippen molar-refractivity contribution in [1.29, 1.82) is 0 Å². The minimum Gasteiger partial charge on any atom is -0.467 e. The molecule has 0 heterocycles. The Bertz CT molecular complexity index is 848. The largest absolute Gasteiger partial charge is 0.467 e. The fraction of sp³-hybridized carbons (Fsp3) is 0.727. The van der Waals surface area contributed by atoms with Crippen LogP contribution in [0.4, 0.5) is 0 Å². The van der Waals surface area contributed by atoms with Gasteiger partial charge in [-0.1, -0.05) is 27.2 Å². The number of aliphatic hydroxyl groups is 2. The molecule has 0 unspecified atom stereocenters.